The minimum atomic E-state index is -1.31. The van der Waals surface area contributed by atoms with E-state index in [0.717, 1.165) is 10.5 Å². The highest BCUT2D eigenvalue weighted by Crippen LogP contribution is 2.37. The van der Waals surface area contributed by atoms with Gasteiger partial charge in [0.25, 0.3) is 5.91 Å². The Morgan fingerprint density at radius 2 is 1.97 bits per heavy atom. The van der Waals surface area contributed by atoms with E-state index in [-0.39, 0.29) is 12.8 Å². The van der Waals surface area contributed by atoms with E-state index in [9.17, 15) is 14.4 Å². The highest BCUT2D eigenvalue weighted by Gasteiger charge is 2.50. The number of benzene rings is 2. The number of hydrogen-bond acceptors (Lipinski definition) is 5. The SMILES string of the molecule is CC(NC(=O)CN1C(=O)NC(C)(c2ccc3c(c2)OCO3)C1=O)c1ccccc1Cl. The van der Waals surface area contributed by atoms with Crippen LogP contribution in [0.25, 0.3) is 0 Å². The summed E-state index contributed by atoms with van der Waals surface area (Å²) in [7, 11) is 0. The molecule has 2 aliphatic rings. The van der Waals surface area contributed by atoms with Crippen LogP contribution in [0.3, 0.4) is 0 Å². The first-order valence-corrected chi connectivity index (χ1v) is 9.75. The Morgan fingerprint density at radius 3 is 2.73 bits per heavy atom. The monoisotopic (exact) mass is 429 g/mol. The second-order valence-corrected chi connectivity index (χ2v) is 7.73. The van der Waals surface area contributed by atoms with Crippen LogP contribution in [0.15, 0.2) is 42.5 Å². The molecule has 0 saturated carbocycles. The van der Waals surface area contributed by atoms with Crippen molar-refractivity contribution in [3.63, 3.8) is 0 Å². The molecule has 0 bridgehead atoms. The number of fused-ring (bicyclic) bond motifs is 1. The van der Waals surface area contributed by atoms with Gasteiger partial charge in [-0.25, -0.2) is 4.79 Å². The Kier molecular flexibility index (Phi) is 5.03. The molecule has 9 heteroatoms. The van der Waals surface area contributed by atoms with Crippen LogP contribution in [0.2, 0.25) is 5.02 Å². The van der Waals surface area contributed by atoms with Crippen LogP contribution in [0.1, 0.15) is 31.0 Å². The minimum absolute atomic E-state index is 0.103. The zero-order valence-corrected chi connectivity index (χ0v) is 17.2. The summed E-state index contributed by atoms with van der Waals surface area (Å²) in [4.78, 5) is 39.0. The predicted molar refractivity (Wildman–Crippen MR) is 108 cm³/mol. The molecule has 0 radical (unpaired) electrons. The second kappa shape index (κ2) is 7.53. The highest BCUT2D eigenvalue weighted by molar-refractivity contribution is 6.31. The van der Waals surface area contributed by atoms with Crippen LogP contribution in [0, 0.1) is 0 Å². The molecule has 156 valence electrons. The quantitative estimate of drug-likeness (QED) is 0.712. The molecular formula is C21H20ClN3O5. The maximum Gasteiger partial charge on any atom is 0.325 e. The molecule has 2 unspecified atom stereocenters. The first-order valence-electron chi connectivity index (χ1n) is 9.37. The van der Waals surface area contributed by atoms with Crippen LogP contribution < -0.4 is 20.1 Å². The molecule has 30 heavy (non-hydrogen) atoms. The Hall–Kier alpha value is -3.26. The van der Waals surface area contributed by atoms with Crippen LogP contribution in [-0.2, 0) is 15.1 Å². The van der Waals surface area contributed by atoms with Gasteiger partial charge in [-0.1, -0.05) is 35.9 Å². The Balaban J connectivity index is 1.47. The molecule has 2 aliphatic heterocycles. The number of carbonyl (C=O) groups excluding carboxylic acids is 3. The molecule has 4 rings (SSSR count). The average molecular weight is 430 g/mol. The molecule has 2 N–H and O–H groups in total. The number of hydrogen-bond donors (Lipinski definition) is 2. The molecule has 2 aromatic carbocycles. The third-order valence-corrected chi connectivity index (χ3v) is 5.62. The van der Waals surface area contributed by atoms with E-state index in [2.05, 4.69) is 10.6 Å². The molecule has 1 fully saturated rings. The minimum Gasteiger partial charge on any atom is -0.454 e. The fourth-order valence-corrected chi connectivity index (χ4v) is 3.88. The number of rotatable bonds is 5. The second-order valence-electron chi connectivity index (χ2n) is 7.33. The summed E-state index contributed by atoms with van der Waals surface area (Å²) < 4.78 is 10.6. The lowest BCUT2D eigenvalue weighted by Crippen LogP contribution is -2.43. The lowest BCUT2D eigenvalue weighted by Gasteiger charge is -2.22. The third-order valence-electron chi connectivity index (χ3n) is 5.28. The molecule has 1 saturated heterocycles. The first kappa shape index (κ1) is 20.0. The molecule has 0 spiro atoms. The van der Waals surface area contributed by atoms with Gasteiger partial charge < -0.3 is 20.1 Å². The summed E-state index contributed by atoms with van der Waals surface area (Å²) in [5, 5.41) is 5.97. The maximum absolute atomic E-state index is 13.1. The van der Waals surface area contributed by atoms with Crippen molar-refractivity contribution >= 4 is 29.4 Å². The zero-order chi connectivity index (χ0) is 21.5. The van der Waals surface area contributed by atoms with Crippen LogP contribution in [0.5, 0.6) is 11.5 Å². The summed E-state index contributed by atoms with van der Waals surface area (Å²) in [6, 6.07) is 11.2. The van der Waals surface area contributed by atoms with E-state index in [1.165, 1.54) is 0 Å². The molecule has 4 amide bonds. The van der Waals surface area contributed by atoms with Crippen LogP contribution >= 0.6 is 11.6 Å². The number of imide groups is 1. The Labute approximate surface area is 178 Å². The van der Waals surface area contributed by atoms with Crippen molar-refractivity contribution in [1.82, 2.24) is 15.5 Å². The highest BCUT2D eigenvalue weighted by atomic mass is 35.5. The van der Waals surface area contributed by atoms with Gasteiger partial charge in [-0.15, -0.1) is 0 Å². The lowest BCUT2D eigenvalue weighted by molar-refractivity contribution is -0.135. The molecule has 0 aliphatic carbocycles. The molecule has 2 aromatic rings. The smallest absolute Gasteiger partial charge is 0.325 e. The number of urea groups is 1. The largest absolute Gasteiger partial charge is 0.454 e. The van der Waals surface area contributed by atoms with Crippen molar-refractivity contribution in [2.45, 2.75) is 25.4 Å². The van der Waals surface area contributed by atoms with E-state index in [1.54, 1.807) is 50.2 Å². The lowest BCUT2D eigenvalue weighted by atomic mass is 9.91. The summed E-state index contributed by atoms with van der Waals surface area (Å²) >= 11 is 6.17. The van der Waals surface area contributed by atoms with Crippen molar-refractivity contribution in [3.8, 4) is 11.5 Å². The molecule has 2 heterocycles. The van der Waals surface area contributed by atoms with Gasteiger partial charge in [0.15, 0.2) is 11.5 Å². The van der Waals surface area contributed by atoms with Gasteiger partial charge in [0.2, 0.25) is 12.7 Å². The number of nitrogens with one attached hydrogen (secondary N) is 2. The van der Waals surface area contributed by atoms with Crippen molar-refractivity contribution in [3.05, 3.63) is 58.6 Å². The number of ether oxygens (including phenoxy) is 2. The number of carbonyl (C=O) groups is 3. The molecule has 8 nitrogen and oxygen atoms in total. The van der Waals surface area contributed by atoms with Crippen LogP contribution in [-0.4, -0.2) is 36.1 Å². The number of halogens is 1. The topological polar surface area (TPSA) is 97.0 Å². The zero-order valence-electron chi connectivity index (χ0n) is 16.4. The van der Waals surface area contributed by atoms with Gasteiger partial charge in [0, 0.05) is 5.02 Å². The summed E-state index contributed by atoms with van der Waals surface area (Å²) in [5.74, 6) is 0.0808. The van der Waals surface area contributed by atoms with Crippen molar-refractivity contribution < 1.29 is 23.9 Å². The van der Waals surface area contributed by atoms with E-state index in [4.69, 9.17) is 21.1 Å². The van der Waals surface area contributed by atoms with Crippen molar-refractivity contribution in [1.29, 1.82) is 0 Å². The number of nitrogens with zero attached hydrogens (tertiary/aromatic N) is 1. The van der Waals surface area contributed by atoms with Gasteiger partial charge in [-0.3, -0.25) is 14.5 Å². The third kappa shape index (κ3) is 3.43. The van der Waals surface area contributed by atoms with E-state index in [1.807, 2.05) is 6.07 Å². The Morgan fingerprint density at radius 1 is 1.23 bits per heavy atom. The molecular weight excluding hydrogens is 410 g/mol. The average Bonchev–Trinajstić information content (AvgIpc) is 3.26. The van der Waals surface area contributed by atoms with Gasteiger partial charge >= 0.3 is 6.03 Å². The van der Waals surface area contributed by atoms with E-state index < -0.39 is 29.9 Å². The van der Waals surface area contributed by atoms with E-state index >= 15 is 0 Å². The van der Waals surface area contributed by atoms with Gasteiger partial charge in [0.1, 0.15) is 12.1 Å². The Bertz CT molecular complexity index is 1040. The first-order chi connectivity index (χ1) is 14.3. The molecule has 2 atom stereocenters. The summed E-state index contributed by atoms with van der Waals surface area (Å²) in [6.45, 7) is 3.07. The van der Waals surface area contributed by atoms with Gasteiger partial charge in [0.05, 0.1) is 6.04 Å². The fraction of sp³-hybridized carbons (Fsp3) is 0.286. The van der Waals surface area contributed by atoms with Crippen molar-refractivity contribution in [2.75, 3.05) is 13.3 Å². The summed E-state index contributed by atoms with van der Waals surface area (Å²) in [5.41, 5.74) is -0.0282. The molecule has 0 aromatic heterocycles. The summed E-state index contributed by atoms with van der Waals surface area (Å²) in [6.07, 6.45) is 0. The predicted octanol–water partition coefficient (Wildman–Crippen LogP) is 2.71. The van der Waals surface area contributed by atoms with Gasteiger partial charge in [-0.2, -0.15) is 0 Å². The van der Waals surface area contributed by atoms with Crippen LogP contribution in [0.4, 0.5) is 4.79 Å². The fourth-order valence-electron chi connectivity index (χ4n) is 3.58. The standard InChI is InChI=1S/C21H20ClN3O5/c1-12(14-5-3-4-6-15(14)22)23-18(26)10-25-19(27)21(2,24-20(25)28)13-7-8-16-17(9-13)30-11-29-16/h3-9,12H,10-11H2,1-2H3,(H,23,26)(H,24,28). The van der Waals surface area contributed by atoms with E-state index in [0.29, 0.717) is 22.1 Å². The van der Waals surface area contributed by atoms with Gasteiger partial charge in [-0.05, 0) is 43.2 Å². The van der Waals surface area contributed by atoms with Crippen molar-refractivity contribution in [2.24, 2.45) is 0 Å². The normalized spacial score (nSPS) is 20.8. The maximum atomic E-state index is 13.1. The number of amides is 4.